The molecule has 1 aromatic carbocycles. The smallest absolute Gasteiger partial charge is 0.132 e. The Morgan fingerprint density at radius 3 is 2.53 bits per heavy atom. The summed E-state index contributed by atoms with van der Waals surface area (Å²) in [6, 6.07) is 10.2. The zero-order valence-corrected chi connectivity index (χ0v) is 10.8. The molecular weight excluding hydrogens is 232 g/mol. The van der Waals surface area contributed by atoms with Crippen molar-refractivity contribution in [2.45, 2.75) is 25.6 Å². The molecular formula is C14H15ClN2. The fourth-order valence-corrected chi connectivity index (χ4v) is 1.99. The first-order chi connectivity index (χ1) is 8.16. The lowest BCUT2D eigenvalue weighted by Gasteiger charge is -2.08. The van der Waals surface area contributed by atoms with Crippen molar-refractivity contribution in [3.05, 3.63) is 59.2 Å². The minimum Gasteiger partial charge on any atom is -0.241 e. The maximum absolute atomic E-state index is 6.04. The SMILES string of the molecule is Cc1nc(Cc2ccccc2)ncc1C(C)Cl. The molecule has 0 fully saturated rings. The zero-order valence-electron chi connectivity index (χ0n) is 10.0. The number of benzene rings is 1. The van der Waals surface area contributed by atoms with Crippen LogP contribution in [-0.4, -0.2) is 9.97 Å². The Labute approximate surface area is 107 Å². The molecule has 0 radical (unpaired) electrons. The van der Waals surface area contributed by atoms with E-state index in [1.165, 1.54) is 5.56 Å². The molecule has 1 atom stereocenters. The van der Waals surface area contributed by atoms with Crippen molar-refractivity contribution < 1.29 is 0 Å². The van der Waals surface area contributed by atoms with E-state index in [1.807, 2.05) is 38.2 Å². The maximum atomic E-state index is 6.04. The fraction of sp³-hybridized carbons (Fsp3) is 0.286. The van der Waals surface area contributed by atoms with Crippen LogP contribution in [0.2, 0.25) is 0 Å². The molecule has 0 N–H and O–H groups in total. The fourth-order valence-electron chi connectivity index (χ4n) is 1.78. The second-order valence-corrected chi connectivity index (χ2v) is 4.76. The molecule has 0 aliphatic rings. The highest BCUT2D eigenvalue weighted by Gasteiger charge is 2.08. The van der Waals surface area contributed by atoms with E-state index in [0.29, 0.717) is 0 Å². The maximum Gasteiger partial charge on any atom is 0.132 e. The first-order valence-electron chi connectivity index (χ1n) is 5.67. The summed E-state index contributed by atoms with van der Waals surface area (Å²) in [4.78, 5) is 8.85. The van der Waals surface area contributed by atoms with Gasteiger partial charge in [-0.15, -0.1) is 11.6 Å². The summed E-state index contributed by atoms with van der Waals surface area (Å²) in [5, 5.41) is -0.0409. The molecule has 0 spiro atoms. The van der Waals surface area contributed by atoms with Crippen molar-refractivity contribution in [3.8, 4) is 0 Å². The van der Waals surface area contributed by atoms with Crippen molar-refractivity contribution in [1.82, 2.24) is 9.97 Å². The van der Waals surface area contributed by atoms with Crippen LogP contribution in [0.1, 0.15) is 34.9 Å². The van der Waals surface area contributed by atoms with Crippen molar-refractivity contribution in [2.75, 3.05) is 0 Å². The Kier molecular flexibility index (Phi) is 3.75. The predicted octanol–water partition coefficient (Wildman–Crippen LogP) is 3.68. The molecule has 0 aliphatic carbocycles. The normalized spacial score (nSPS) is 12.4. The van der Waals surface area contributed by atoms with Crippen molar-refractivity contribution in [3.63, 3.8) is 0 Å². The molecule has 1 aromatic heterocycles. The van der Waals surface area contributed by atoms with E-state index >= 15 is 0 Å². The number of nitrogens with zero attached hydrogens (tertiary/aromatic N) is 2. The van der Waals surface area contributed by atoms with Crippen LogP contribution < -0.4 is 0 Å². The zero-order chi connectivity index (χ0) is 12.3. The average molecular weight is 247 g/mol. The van der Waals surface area contributed by atoms with E-state index < -0.39 is 0 Å². The summed E-state index contributed by atoms with van der Waals surface area (Å²) in [7, 11) is 0. The van der Waals surface area contributed by atoms with Crippen molar-refractivity contribution >= 4 is 11.6 Å². The number of hydrogen-bond acceptors (Lipinski definition) is 2. The summed E-state index contributed by atoms with van der Waals surface area (Å²) >= 11 is 6.04. The van der Waals surface area contributed by atoms with Gasteiger partial charge >= 0.3 is 0 Å². The van der Waals surface area contributed by atoms with E-state index in [1.54, 1.807) is 0 Å². The molecule has 1 heterocycles. The second-order valence-electron chi connectivity index (χ2n) is 4.11. The summed E-state index contributed by atoms with van der Waals surface area (Å²) in [5.41, 5.74) is 3.19. The summed E-state index contributed by atoms with van der Waals surface area (Å²) < 4.78 is 0. The summed E-state index contributed by atoms with van der Waals surface area (Å²) in [5.74, 6) is 0.842. The number of rotatable bonds is 3. The minimum atomic E-state index is -0.0409. The van der Waals surface area contributed by atoms with Crippen LogP contribution in [0.4, 0.5) is 0 Å². The number of aromatic nitrogens is 2. The lowest BCUT2D eigenvalue weighted by molar-refractivity contribution is 0.895. The predicted molar refractivity (Wildman–Crippen MR) is 70.3 cm³/mol. The van der Waals surface area contributed by atoms with E-state index in [4.69, 9.17) is 11.6 Å². The van der Waals surface area contributed by atoms with Gasteiger partial charge in [-0.05, 0) is 19.4 Å². The van der Waals surface area contributed by atoms with Gasteiger partial charge < -0.3 is 0 Å². The lowest BCUT2D eigenvalue weighted by atomic mass is 10.1. The third kappa shape index (κ3) is 3.04. The van der Waals surface area contributed by atoms with Crippen LogP contribution in [0.3, 0.4) is 0 Å². The van der Waals surface area contributed by atoms with Crippen LogP contribution >= 0.6 is 11.6 Å². The molecule has 2 aromatic rings. The quantitative estimate of drug-likeness (QED) is 0.773. The van der Waals surface area contributed by atoms with Crippen molar-refractivity contribution in [1.29, 1.82) is 0 Å². The Morgan fingerprint density at radius 2 is 1.94 bits per heavy atom. The van der Waals surface area contributed by atoms with Crippen LogP contribution in [0.15, 0.2) is 36.5 Å². The van der Waals surface area contributed by atoms with Gasteiger partial charge in [0.1, 0.15) is 5.82 Å². The summed E-state index contributed by atoms with van der Waals surface area (Å²) in [6.45, 7) is 3.91. The number of halogens is 1. The molecule has 0 aliphatic heterocycles. The van der Waals surface area contributed by atoms with E-state index in [2.05, 4.69) is 22.1 Å². The molecule has 17 heavy (non-hydrogen) atoms. The highest BCUT2D eigenvalue weighted by molar-refractivity contribution is 6.20. The summed E-state index contributed by atoms with van der Waals surface area (Å²) in [6.07, 6.45) is 2.59. The van der Waals surface area contributed by atoms with Crippen LogP contribution in [0.5, 0.6) is 0 Å². The van der Waals surface area contributed by atoms with Gasteiger partial charge in [0, 0.05) is 23.9 Å². The molecule has 0 bridgehead atoms. The number of aryl methyl sites for hydroxylation is 1. The monoisotopic (exact) mass is 246 g/mol. The molecule has 0 saturated heterocycles. The minimum absolute atomic E-state index is 0.0409. The molecule has 1 unspecified atom stereocenters. The Balaban J connectivity index is 2.21. The highest BCUT2D eigenvalue weighted by atomic mass is 35.5. The Bertz CT molecular complexity index is 495. The third-order valence-corrected chi connectivity index (χ3v) is 2.94. The van der Waals surface area contributed by atoms with Crippen LogP contribution in [0, 0.1) is 6.92 Å². The molecule has 2 nitrogen and oxygen atoms in total. The van der Waals surface area contributed by atoms with Crippen LogP contribution in [0.25, 0.3) is 0 Å². The lowest BCUT2D eigenvalue weighted by Crippen LogP contribution is -2.02. The van der Waals surface area contributed by atoms with Gasteiger partial charge in [-0.2, -0.15) is 0 Å². The Hall–Kier alpha value is -1.41. The van der Waals surface area contributed by atoms with Crippen molar-refractivity contribution in [2.24, 2.45) is 0 Å². The van der Waals surface area contributed by atoms with E-state index in [0.717, 1.165) is 23.5 Å². The molecule has 0 amide bonds. The standard InChI is InChI=1S/C14H15ClN2/c1-10(15)13-9-16-14(17-11(13)2)8-12-6-4-3-5-7-12/h3-7,9-10H,8H2,1-2H3. The van der Waals surface area contributed by atoms with Gasteiger partial charge in [-0.1, -0.05) is 30.3 Å². The van der Waals surface area contributed by atoms with Gasteiger partial charge in [0.05, 0.1) is 5.38 Å². The first-order valence-corrected chi connectivity index (χ1v) is 6.11. The average Bonchev–Trinajstić information content (AvgIpc) is 2.30. The third-order valence-electron chi connectivity index (χ3n) is 2.70. The highest BCUT2D eigenvalue weighted by Crippen LogP contribution is 2.21. The van der Waals surface area contributed by atoms with E-state index in [-0.39, 0.29) is 5.38 Å². The van der Waals surface area contributed by atoms with Gasteiger partial charge in [0.25, 0.3) is 0 Å². The number of hydrogen-bond donors (Lipinski definition) is 0. The van der Waals surface area contributed by atoms with Gasteiger partial charge in [0.2, 0.25) is 0 Å². The Morgan fingerprint density at radius 1 is 1.24 bits per heavy atom. The largest absolute Gasteiger partial charge is 0.241 e. The van der Waals surface area contributed by atoms with Gasteiger partial charge in [-0.3, -0.25) is 0 Å². The van der Waals surface area contributed by atoms with Crippen LogP contribution in [-0.2, 0) is 6.42 Å². The second kappa shape index (κ2) is 5.28. The number of alkyl halides is 1. The van der Waals surface area contributed by atoms with E-state index in [9.17, 15) is 0 Å². The molecule has 88 valence electrons. The molecule has 2 rings (SSSR count). The molecule has 3 heteroatoms. The van der Waals surface area contributed by atoms with Gasteiger partial charge in [0.15, 0.2) is 0 Å². The first kappa shape index (κ1) is 12.1. The topological polar surface area (TPSA) is 25.8 Å². The molecule has 0 saturated carbocycles. The van der Waals surface area contributed by atoms with Gasteiger partial charge in [-0.25, -0.2) is 9.97 Å².